The van der Waals surface area contributed by atoms with Crippen LogP contribution in [0.5, 0.6) is 0 Å². The lowest BCUT2D eigenvalue weighted by Gasteiger charge is -2.29. The number of fused-ring (bicyclic) bond motifs is 2. The largest absolute Gasteiger partial charge is 0.453 e. The number of alkyl carbamates (subject to hydrolysis) is 2. The summed E-state index contributed by atoms with van der Waals surface area (Å²) in [5.74, 6) is 0.976. The molecule has 15 heteroatoms. The molecule has 0 saturated carbocycles. The molecule has 7 rings (SSSR count). The second-order valence-electron chi connectivity index (χ2n) is 15.0. The highest BCUT2D eigenvalue weighted by Gasteiger charge is 2.39. The first kappa shape index (κ1) is 37.9. The lowest BCUT2D eigenvalue weighted by molar-refractivity contribution is -0.136. The summed E-state index contributed by atoms with van der Waals surface area (Å²) < 4.78 is 9.54. The van der Waals surface area contributed by atoms with E-state index in [1.807, 2.05) is 49.6 Å². The van der Waals surface area contributed by atoms with E-state index >= 15 is 0 Å². The molecule has 0 spiro atoms. The van der Waals surface area contributed by atoms with Crippen molar-refractivity contribution in [2.24, 2.45) is 11.8 Å². The molecule has 0 aliphatic carbocycles. The normalized spacial score (nSPS) is 18.3. The Morgan fingerprint density at radius 2 is 1.11 bits per heavy atom. The Bertz CT molecular complexity index is 2070. The fourth-order valence-corrected chi connectivity index (χ4v) is 8.71. The number of imidazole rings is 2. The van der Waals surface area contributed by atoms with Crippen molar-refractivity contribution < 1.29 is 28.7 Å². The number of hydrogen-bond donors (Lipinski definition) is 4. The van der Waals surface area contributed by atoms with E-state index in [9.17, 15) is 19.2 Å². The van der Waals surface area contributed by atoms with Gasteiger partial charge >= 0.3 is 12.2 Å². The summed E-state index contributed by atoms with van der Waals surface area (Å²) in [6.45, 7) is 8.80. The summed E-state index contributed by atoms with van der Waals surface area (Å²) in [7, 11) is 2.58. The van der Waals surface area contributed by atoms with Crippen molar-refractivity contribution in [3.63, 3.8) is 0 Å². The van der Waals surface area contributed by atoms with Crippen LogP contribution in [0, 0.1) is 11.8 Å². The van der Waals surface area contributed by atoms with E-state index in [1.54, 1.807) is 11.3 Å². The number of ether oxygens (including phenoxy) is 2. The van der Waals surface area contributed by atoms with Crippen molar-refractivity contribution in [1.82, 2.24) is 40.4 Å². The van der Waals surface area contributed by atoms with Crippen LogP contribution < -0.4 is 10.6 Å². The van der Waals surface area contributed by atoms with Crippen LogP contribution in [-0.4, -0.2) is 93.1 Å². The van der Waals surface area contributed by atoms with Crippen LogP contribution in [0.15, 0.2) is 48.5 Å². The first-order chi connectivity index (χ1) is 26.4. The van der Waals surface area contributed by atoms with Gasteiger partial charge < -0.3 is 39.9 Å². The topological polar surface area (TPSA) is 175 Å². The van der Waals surface area contributed by atoms with Gasteiger partial charge in [0.1, 0.15) is 23.7 Å². The van der Waals surface area contributed by atoms with Crippen molar-refractivity contribution in [1.29, 1.82) is 0 Å². The molecule has 0 unspecified atom stereocenters. The summed E-state index contributed by atoms with van der Waals surface area (Å²) in [4.78, 5) is 73.9. The minimum absolute atomic E-state index is 0.109. The Hall–Kier alpha value is -5.44. The number of rotatable bonds is 10. The fourth-order valence-electron chi connectivity index (χ4n) is 7.71. The molecule has 2 aliphatic heterocycles. The van der Waals surface area contributed by atoms with Gasteiger partial charge in [-0.15, -0.1) is 11.3 Å². The van der Waals surface area contributed by atoms with Crippen molar-refractivity contribution in [3.8, 4) is 20.9 Å². The number of methoxy groups -OCH3 is 2. The lowest BCUT2D eigenvalue weighted by atomic mass is 10.0. The van der Waals surface area contributed by atoms with Gasteiger partial charge in [0, 0.05) is 22.8 Å². The van der Waals surface area contributed by atoms with Crippen LogP contribution >= 0.6 is 11.3 Å². The van der Waals surface area contributed by atoms with Crippen LogP contribution in [0.25, 0.3) is 42.9 Å². The van der Waals surface area contributed by atoms with Crippen LogP contribution in [0.2, 0.25) is 0 Å². The van der Waals surface area contributed by atoms with E-state index in [0.717, 1.165) is 80.3 Å². The predicted octanol–water partition coefficient (Wildman–Crippen LogP) is 6.92. The monoisotopic (exact) mass is 768 g/mol. The summed E-state index contributed by atoms with van der Waals surface area (Å²) in [6.07, 6.45) is 2.00. The zero-order chi connectivity index (χ0) is 39.0. The number of H-pyrrole nitrogens is 2. The van der Waals surface area contributed by atoms with E-state index in [4.69, 9.17) is 19.4 Å². The van der Waals surface area contributed by atoms with E-state index in [-0.39, 0.29) is 35.7 Å². The molecule has 2 saturated heterocycles. The van der Waals surface area contributed by atoms with Gasteiger partial charge in [0.2, 0.25) is 11.8 Å². The van der Waals surface area contributed by atoms with Crippen molar-refractivity contribution in [3.05, 3.63) is 60.2 Å². The van der Waals surface area contributed by atoms with E-state index in [0.29, 0.717) is 13.1 Å². The van der Waals surface area contributed by atoms with Gasteiger partial charge in [-0.1, -0.05) is 39.8 Å². The Morgan fingerprint density at radius 3 is 1.49 bits per heavy atom. The van der Waals surface area contributed by atoms with Gasteiger partial charge in [-0.2, -0.15) is 0 Å². The highest BCUT2D eigenvalue weighted by molar-refractivity contribution is 7.18. The third-order valence-corrected chi connectivity index (χ3v) is 11.8. The molecule has 4 N–H and O–H groups in total. The molecule has 5 heterocycles. The van der Waals surface area contributed by atoms with Crippen molar-refractivity contribution >= 4 is 57.4 Å². The van der Waals surface area contributed by atoms with Gasteiger partial charge in [0.25, 0.3) is 0 Å². The molecule has 0 bridgehead atoms. The number of benzene rings is 2. The van der Waals surface area contributed by atoms with Gasteiger partial charge in [0.05, 0.1) is 48.4 Å². The van der Waals surface area contributed by atoms with Crippen LogP contribution in [0.4, 0.5) is 9.59 Å². The molecular formula is C40H48N8O6S. The van der Waals surface area contributed by atoms with Crippen LogP contribution in [-0.2, 0) is 19.1 Å². The zero-order valence-corrected chi connectivity index (χ0v) is 32.8. The van der Waals surface area contributed by atoms with Crippen LogP contribution in [0.1, 0.15) is 77.1 Å². The second kappa shape index (κ2) is 15.7. The molecule has 4 atom stereocenters. The summed E-state index contributed by atoms with van der Waals surface area (Å²) in [5.41, 5.74) is 5.51. The van der Waals surface area contributed by atoms with E-state index < -0.39 is 24.3 Å². The zero-order valence-electron chi connectivity index (χ0n) is 32.0. The maximum Gasteiger partial charge on any atom is 0.407 e. The summed E-state index contributed by atoms with van der Waals surface area (Å²) in [5, 5.41) is 5.41. The summed E-state index contributed by atoms with van der Waals surface area (Å²) >= 11 is 1.68. The second-order valence-corrected chi connectivity index (χ2v) is 16.1. The number of carbonyl (C=O) groups is 4. The first-order valence-corrected chi connectivity index (χ1v) is 19.7. The minimum Gasteiger partial charge on any atom is -0.453 e. The fraction of sp³-hybridized carbons (Fsp3) is 0.450. The SMILES string of the molecule is COC(=O)N[C@@H](C(=O)N1CCC[C@H]1c1nc2cc(-c3ccc(-c4ccc5[nH]c([C@@H]6CCCN6C(=O)[C@H](NC(=O)OC)C(C)C)nc5c4)s3)ccc2[nH]1)C(C)C. The third kappa shape index (κ3) is 7.62. The first-order valence-electron chi connectivity index (χ1n) is 18.9. The molecular weight excluding hydrogens is 721 g/mol. The number of carbonyl (C=O) groups excluding carboxylic acids is 4. The molecule has 4 amide bonds. The average molecular weight is 769 g/mol. The molecule has 2 aliphatic rings. The average Bonchev–Trinajstić information content (AvgIpc) is 4.02. The quantitative estimate of drug-likeness (QED) is 0.118. The lowest BCUT2D eigenvalue weighted by Crippen LogP contribution is -2.51. The number of aromatic nitrogens is 4. The van der Waals surface area contributed by atoms with Crippen molar-refractivity contribution in [2.45, 2.75) is 77.5 Å². The van der Waals surface area contributed by atoms with Gasteiger partial charge in [-0.05, 0) is 85.0 Å². The number of thiophene rings is 1. The maximum absolute atomic E-state index is 13.6. The summed E-state index contributed by atoms with van der Waals surface area (Å²) in [6, 6.07) is 14.8. The van der Waals surface area contributed by atoms with Gasteiger partial charge in [0.15, 0.2) is 0 Å². The molecule has 290 valence electrons. The van der Waals surface area contributed by atoms with Crippen LogP contribution in [0.3, 0.4) is 0 Å². The predicted molar refractivity (Wildman–Crippen MR) is 210 cm³/mol. The molecule has 3 aromatic heterocycles. The van der Waals surface area contributed by atoms with Gasteiger partial charge in [-0.3, -0.25) is 9.59 Å². The Morgan fingerprint density at radius 1 is 0.691 bits per heavy atom. The van der Waals surface area contributed by atoms with E-state index in [2.05, 4.69) is 57.0 Å². The minimum atomic E-state index is -0.693. The number of nitrogens with one attached hydrogen (secondary N) is 4. The number of amides is 4. The smallest absolute Gasteiger partial charge is 0.407 e. The number of aromatic amines is 2. The molecule has 55 heavy (non-hydrogen) atoms. The number of nitrogens with zero attached hydrogens (tertiary/aromatic N) is 4. The number of likely N-dealkylation sites (tertiary alicyclic amines) is 2. The maximum atomic E-state index is 13.6. The molecule has 2 aromatic carbocycles. The Kier molecular flexibility index (Phi) is 10.8. The molecule has 0 radical (unpaired) electrons. The highest BCUT2D eigenvalue weighted by atomic mass is 32.1. The standard InChI is InChI=1S/C40H48N8O6S/c1-21(2)33(45-39(51)53-5)37(49)47-17-7-9-29(47)35-41-25-13-11-23(19-27(25)43-35)31-15-16-32(55-31)24-12-14-26-28(20-24)44-36(42-26)30-10-8-18-48(30)38(50)34(22(3)4)46-40(52)54-6/h11-16,19-22,29-30,33-34H,7-10,17-18H2,1-6H3,(H,41,43)(H,42,44)(H,45,51)(H,46,52)/t29-,30-,33+,34+/m0/s1. The Balaban J connectivity index is 1.08. The highest BCUT2D eigenvalue weighted by Crippen LogP contribution is 2.39. The van der Waals surface area contributed by atoms with Crippen molar-refractivity contribution in [2.75, 3.05) is 27.3 Å². The van der Waals surface area contributed by atoms with E-state index in [1.165, 1.54) is 14.2 Å². The number of hydrogen-bond acceptors (Lipinski definition) is 9. The third-order valence-electron chi connectivity index (χ3n) is 10.7. The van der Waals surface area contributed by atoms with Gasteiger partial charge in [-0.25, -0.2) is 19.6 Å². The molecule has 14 nitrogen and oxygen atoms in total. The molecule has 5 aromatic rings. The molecule has 2 fully saturated rings. The Labute approximate surface area is 323 Å².